The molecule has 0 aromatic carbocycles. The molecular formula is C12H22N4O. The Morgan fingerprint density at radius 1 is 1.41 bits per heavy atom. The molecule has 0 saturated carbocycles. The largest absolute Gasteiger partial charge is 0.396 e. The van der Waals surface area contributed by atoms with E-state index in [9.17, 15) is 0 Å². The molecule has 1 aromatic heterocycles. The van der Waals surface area contributed by atoms with Crippen molar-refractivity contribution in [1.29, 1.82) is 0 Å². The van der Waals surface area contributed by atoms with E-state index in [-0.39, 0.29) is 12.5 Å². The van der Waals surface area contributed by atoms with Crippen molar-refractivity contribution in [1.82, 2.24) is 9.97 Å². The van der Waals surface area contributed by atoms with E-state index in [4.69, 9.17) is 10.8 Å². The lowest BCUT2D eigenvalue weighted by Gasteiger charge is -2.25. The van der Waals surface area contributed by atoms with E-state index in [1.54, 1.807) is 0 Å². The van der Waals surface area contributed by atoms with Crippen molar-refractivity contribution in [2.75, 3.05) is 30.3 Å². The van der Waals surface area contributed by atoms with Gasteiger partial charge in [0.05, 0.1) is 0 Å². The molecule has 5 nitrogen and oxygen atoms in total. The number of anilines is 2. The summed E-state index contributed by atoms with van der Waals surface area (Å²) in [7, 11) is 0. The fourth-order valence-corrected chi connectivity index (χ4v) is 1.88. The molecule has 17 heavy (non-hydrogen) atoms. The van der Waals surface area contributed by atoms with Crippen LogP contribution in [-0.4, -0.2) is 34.8 Å². The van der Waals surface area contributed by atoms with Gasteiger partial charge in [0.15, 0.2) is 0 Å². The lowest BCUT2D eigenvalue weighted by Crippen LogP contribution is -2.27. The zero-order valence-electron chi connectivity index (χ0n) is 10.8. The van der Waals surface area contributed by atoms with Gasteiger partial charge in [-0.05, 0) is 19.3 Å². The molecule has 0 saturated heterocycles. The summed E-state index contributed by atoms with van der Waals surface area (Å²) in [6.45, 7) is 8.05. The molecule has 0 atom stereocenters. The normalized spacial score (nSPS) is 10.9. The summed E-state index contributed by atoms with van der Waals surface area (Å²) in [6.07, 6.45) is 2.23. The number of aromatic nitrogens is 2. The summed E-state index contributed by atoms with van der Waals surface area (Å²) in [6, 6.07) is 0. The molecule has 1 heterocycles. The lowest BCUT2D eigenvalue weighted by molar-refractivity contribution is 0.289. The minimum absolute atomic E-state index is 0.189. The van der Waals surface area contributed by atoms with Crippen molar-refractivity contribution >= 4 is 11.6 Å². The van der Waals surface area contributed by atoms with Gasteiger partial charge in [0, 0.05) is 25.3 Å². The minimum Gasteiger partial charge on any atom is -0.396 e. The average Bonchev–Trinajstić information content (AvgIpc) is 2.29. The first-order chi connectivity index (χ1) is 8.11. The van der Waals surface area contributed by atoms with E-state index in [0.29, 0.717) is 5.82 Å². The van der Waals surface area contributed by atoms with Crippen LogP contribution in [0.5, 0.6) is 0 Å². The van der Waals surface area contributed by atoms with Gasteiger partial charge in [0.2, 0.25) is 0 Å². The Labute approximate surface area is 103 Å². The van der Waals surface area contributed by atoms with Gasteiger partial charge in [-0.25, -0.2) is 9.97 Å². The van der Waals surface area contributed by atoms with Crippen LogP contribution in [0.15, 0.2) is 6.33 Å². The van der Waals surface area contributed by atoms with Gasteiger partial charge in [0.1, 0.15) is 18.0 Å². The predicted molar refractivity (Wildman–Crippen MR) is 70.1 cm³/mol. The zero-order chi connectivity index (χ0) is 12.8. The van der Waals surface area contributed by atoms with Crippen molar-refractivity contribution in [3.63, 3.8) is 0 Å². The van der Waals surface area contributed by atoms with Crippen LogP contribution < -0.4 is 10.6 Å². The number of hydrogen-bond acceptors (Lipinski definition) is 5. The summed E-state index contributed by atoms with van der Waals surface area (Å²) < 4.78 is 0. The Bertz CT molecular complexity index is 354. The molecule has 3 N–H and O–H groups in total. The van der Waals surface area contributed by atoms with Crippen molar-refractivity contribution in [2.24, 2.45) is 0 Å². The molecular weight excluding hydrogens is 216 g/mol. The third-order valence-electron chi connectivity index (χ3n) is 2.74. The fraction of sp³-hybridized carbons (Fsp3) is 0.667. The second kappa shape index (κ2) is 6.39. The molecule has 0 fully saturated rings. The highest BCUT2D eigenvalue weighted by atomic mass is 16.3. The number of nitrogen functional groups attached to an aromatic ring is 1. The Morgan fingerprint density at radius 3 is 2.65 bits per heavy atom. The van der Waals surface area contributed by atoms with Crippen LogP contribution in [0, 0.1) is 0 Å². The predicted octanol–water partition coefficient (Wildman–Crippen LogP) is 1.39. The number of aliphatic hydroxyl groups is 1. The highest BCUT2D eigenvalue weighted by molar-refractivity contribution is 5.58. The SMILES string of the molecule is CCN(CCCO)c1ncnc(N)c1C(C)C. The van der Waals surface area contributed by atoms with E-state index >= 15 is 0 Å². The Kier molecular flexibility index (Phi) is 5.15. The maximum atomic E-state index is 8.91. The molecule has 0 aliphatic rings. The van der Waals surface area contributed by atoms with E-state index in [1.807, 2.05) is 0 Å². The maximum Gasteiger partial charge on any atom is 0.137 e. The highest BCUT2D eigenvalue weighted by Crippen LogP contribution is 2.28. The van der Waals surface area contributed by atoms with Gasteiger partial charge in [-0.1, -0.05) is 13.8 Å². The third kappa shape index (κ3) is 3.30. The first-order valence-corrected chi connectivity index (χ1v) is 6.08. The van der Waals surface area contributed by atoms with Crippen LogP contribution in [0.2, 0.25) is 0 Å². The molecule has 96 valence electrons. The van der Waals surface area contributed by atoms with Crippen LogP contribution in [0.25, 0.3) is 0 Å². The molecule has 0 aliphatic carbocycles. The summed E-state index contributed by atoms with van der Waals surface area (Å²) in [5.74, 6) is 1.73. The minimum atomic E-state index is 0.189. The van der Waals surface area contributed by atoms with Crippen LogP contribution in [0.1, 0.15) is 38.7 Å². The third-order valence-corrected chi connectivity index (χ3v) is 2.74. The topological polar surface area (TPSA) is 75.3 Å². The van der Waals surface area contributed by atoms with Crippen molar-refractivity contribution in [2.45, 2.75) is 33.1 Å². The Morgan fingerprint density at radius 2 is 2.12 bits per heavy atom. The molecule has 0 aliphatic heterocycles. The van der Waals surface area contributed by atoms with Gasteiger partial charge in [0.25, 0.3) is 0 Å². The standard InChI is InChI=1S/C12H22N4O/c1-4-16(6-5-7-17)12-10(9(2)3)11(13)14-8-15-12/h8-9,17H,4-7H2,1-3H3,(H2,13,14,15). The Balaban J connectivity index is 3.05. The summed E-state index contributed by atoms with van der Waals surface area (Å²) in [5, 5.41) is 8.91. The van der Waals surface area contributed by atoms with Crippen LogP contribution in [-0.2, 0) is 0 Å². The van der Waals surface area contributed by atoms with Crippen LogP contribution in [0.3, 0.4) is 0 Å². The van der Waals surface area contributed by atoms with Crippen molar-refractivity contribution in [3.05, 3.63) is 11.9 Å². The van der Waals surface area contributed by atoms with E-state index in [1.165, 1.54) is 6.33 Å². The first kappa shape index (κ1) is 13.7. The first-order valence-electron chi connectivity index (χ1n) is 6.08. The van der Waals surface area contributed by atoms with Gasteiger partial charge in [-0.2, -0.15) is 0 Å². The fourth-order valence-electron chi connectivity index (χ4n) is 1.88. The van der Waals surface area contributed by atoms with Crippen molar-refractivity contribution < 1.29 is 5.11 Å². The zero-order valence-corrected chi connectivity index (χ0v) is 10.8. The molecule has 0 bridgehead atoms. The van der Waals surface area contributed by atoms with Crippen LogP contribution in [0.4, 0.5) is 11.6 Å². The van der Waals surface area contributed by atoms with Gasteiger partial charge in [-0.15, -0.1) is 0 Å². The molecule has 1 aromatic rings. The van der Waals surface area contributed by atoms with Crippen molar-refractivity contribution in [3.8, 4) is 0 Å². The Hall–Kier alpha value is -1.36. The number of hydrogen-bond donors (Lipinski definition) is 2. The molecule has 5 heteroatoms. The summed E-state index contributed by atoms with van der Waals surface area (Å²) >= 11 is 0. The summed E-state index contributed by atoms with van der Waals surface area (Å²) in [4.78, 5) is 10.5. The van der Waals surface area contributed by atoms with E-state index in [0.717, 1.165) is 30.9 Å². The van der Waals surface area contributed by atoms with E-state index in [2.05, 4.69) is 35.6 Å². The molecule has 0 radical (unpaired) electrons. The molecule has 0 amide bonds. The smallest absolute Gasteiger partial charge is 0.137 e. The molecule has 0 spiro atoms. The highest BCUT2D eigenvalue weighted by Gasteiger charge is 2.17. The van der Waals surface area contributed by atoms with E-state index < -0.39 is 0 Å². The summed E-state index contributed by atoms with van der Waals surface area (Å²) in [5.41, 5.74) is 6.91. The monoisotopic (exact) mass is 238 g/mol. The molecule has 1 rings (SSSR count). The number of nitrogens with zero attached hydrogens (tertiary/aromatic N) is 3. The lowest BCUT2D eigenvalue weighted by atomic mass is 10.0. The van der Waals surface area contributed by atoms with Gasteiger partial charge in [-0.3, -0.25) is 0 Å². The molecule has 0 unspecified atom stereocenters. The number of rotatable bonds is 6. The number of nitrogens with two attached hydrogens (primary N) is 1. The maximum absolute atomic E-state index is 8.91. The quantitative estimate of drug-likeness (QED) is 0.783. The van der Waals surface area contributed by atoms with Gasteiger partial charge < -0.3 is 15.7 Å². The second-order valence-corrected chi connectivity index (χ2v) is 4.31. The van der Waals surface area contributed by atoms with Crippen LogP contribution >= 0.6 is 0 Å². The average molecular weight is 238 g/mol. The second-order valence-electron chi connectivity index (χ2n) is 4.31. The number of aliphatic hydroxyl groups excluding tert-OH is 1. The van der Waals surface area contributed by atoms with Gasteiger partial charge >= 0.3 is 0 Å².